The first kappa shape index (κ1) is 30.3. The molecule has 1 aliphatic rings. The normalized spacial score (nSPS) is 12.8. The molecule has 0 radical (unpaired) electrons. The molecule has 1 heterocycles. The molecule has 0 aliphatic carbocycles. The molecule has 0 saturated carbocycles. The van der Waals surface area contributed by atoms with Crippen molar-refractivity contribution in [3.05, 3.63) is 65.2 Å². The molecule has 37 heavy (non-hydrogen) atoms. The summed E-state index contributed by atoms with van der Waals surface area (Å²) in [4.78, 5) is 31.6. The van der Waals surface area contributed by atoms with Crippen LogP contribution in [0.2, 0.25) is 0 Å². The predicted molar refractivity (Wildman–Crippen MR) is 156 cm³/mol. The molecule has 1 N–H and O–H groups in total. The minimum Gasteiger partial charge on any atom is -0.444 e. The highest BCUT2D eigenvalue weighted by Gasteiger charge is 2.19. The number of carbonyl (C=O) groups is 2. The maximum absolute atomic E-state index is 12.1. The van der Waals surface area contributed by atoms with Gasteiger partial charge in [-0.15, -0.1) is 11.8 Å². The molecule has 3 rings (SSSR count). The number of fused-ring (bicyclic) bond motifs is 1. The van der Waals surface area contributed by atoms with Crippen molar-refractivity contribution in [2.24, 2.45) is 4.99 Å². The topological polar surface area (TPSA) is 71.0 Å². The van der Waals surface area contributed by atoms with E-state index in [1.807, 2.05) is 36.4 Å². The van der Waals surface area contributed by atoms with Gasteiger partial charge in [0, 0.05) is 28.2 Å². The molecule has 0 fully saturated rings. The Bertz CT molecular complexity index is 1070. The van der Waals surface area contributed by atoms with Crippen LogP contribution in [0.5, 0.6) is 0 Å². The summed E-state index contributed by atoms with van der Waals surface area (Å²) in [6, 6.07) is 16.2. The second-order valence-corrected chi connectivity index (χ2v) is 11.0. The summed E-state index contributed by atoms with van der Waals surface area (Å²) < 4.78 is 5.31. The van der Waals surface area contributed by atoms with Gasteiger partial charge in [-0.05, 0) is 77.5 Å². The van der Waals surface area contributed by atoms with Gasteiger partial charge in [0.25, 0.3) is 0 Å². The molecule has 0 bridgehead atoms. The van der Waals surface area contributed by atoms with Crippen LogP contribution in [0.3, 0.4) is 0 Å². The Balaban J connectivity index is 0.000000521. The van der Waals surface area contributed by atoms with Crippen molar-refractivity contribution in [2.45, 2.75) is 70.1 Å². The third kappa shape index (κ3) is 11.8. The van der Waals surface area contributed by atoms with E-state index in [-0.39, 0.29) is 6.42 Å². The number of aldehydes is 1. The minimum absolute atomic E-state index is 0.240. The fourth-order valence-electron chi connectivity index (χ4n) is 3.65. The zero-order valence-corrected chi connectivity index (χ0v) is 23.9. The summed E-state index contributed by atoms with van der Waals surface area (Å²) in [6.45, 7) is 12.3. The molecule has 1 amide bonds. The number of hydrogen-bond donors (Lipinski definition) is 1. The molecule has 1 aliphatic heterocycles. The first-order chi connectivity index (χ1) is 17.6. The Hall–Kier alpha value is -2.90. The summed E-state index contributed by atoms with van der Waals surface area (Å²) in [7, 11) is 2.17. The first-order valence-corrected chi connectivity index (χ1v) is 13.8. The number of benzene rings is 2. The Morgan fingerprint density at radius 2 is 1.78 bits per heavy atom. The lowest BCUT2D eigenvalue weighted by Gasteiger charge is -2.20. The highest BCUT2D eigenvalue weighted by atomic mass is 32.2. The number of aliphatic imine (C=N–C) groups is 1. The van der Waals surface area contributed by atoms with Gasteiger partial charge in [-0.2, -0.15) is 0 Å². The van der Waals surface area contributed by atoms with E-state index in [0.717, 1.165) is 22.5 Å². The van der Waals surface area contributed by atoms with E-state index in [4.69, 9.17) is 4.74 Å². The molecule has 0 spiro atoms. The van der Waals surface area contributed by atoms with Crippen LogP contribution in [0.1, 0.15) is 65.0 Å². The van der Waals surface area contributed by atoms with Gasteiger partial charge in [0.2, 0.25) is 0 Å². The average molecular weight is 524 g/mol. The molecule has 0 atom stereocenters. The molecule has 2 aromatic rings. The van der Waals surface area contributed by atoms with Crippen LogP contribution in [0.25, 0.3) is 6.08 Å². The van der Waals surface area contributed by atoms with Crippen molar-refractivity contribution in [3.8, 4) is 0 Å². The quantitative estimate of drug-likeness (QED) is 0.291. The second kappa shape index (κ2) is 15.4. The fourth-order valence-corrected chi connectivity index (χ4v) is 4.53. The molecule has 0 unspecified atom stereocenters. The number of nitrogens with one attached hydrogen (secondary N) is 1. The molecular formula is C30H41N3O3S. The Labute approximate surface area is 226 Å². The minimum atomic E-state index is -0.613. The molecule has 7 heteroatoms. The van der Waals surface area contributed by atoms with Gasteiger partial charge >= 0.3 is 6.09 Å². The number of nitrogens with zero attached hydrogens (tertiary/aromatic N) is 2. The summed E-state index contributed by atoms with van der Waals surface area (Å²) >= 11 is 1.71. The standard InChI is InChI=1S/C23H24N2O3S.C7H17N/c1-23(2,3)28-22(27)25-21-12-17(14-26)11-18-9-10-19(13-20(18)24-21)29-15-16-7-5-4-6-8-16;1-4-6-8(3)7-5-2/h4-11,13-14H,12,15H2,1-3H3,(H,24,25,27);4-7H2,1-3H3. The van der Waals surface area contributed by atoms with Gasteiger partial charge in [0.05, 0.1) is 5.69 Å². The van der Waals surface area contributed by atoms with E-state index >= 15 is 0 Å². The lowest BCUT2D eigenvalue weighted by molar-refractivity contribution is -0.104. The van der Waals surface area contributed by atoms with Gasteiger partial charge in [-0.3, -0.25) is 10.1 Å². The highest BCUT2D eigenvalue weighted by Crippen LogP contribution is 2.32. The van der Waals surface area contributed by atoms with Gasteiger partial charge in [0.15, 0.2) is 0 Å². The summed E-state index contributed by atoms with van der Waals surface area (Å²) in [6.07, 6.45) is 4.80. The number of alkyl carbamates (subject to hydrolysis) is 1. The summed E-state index contributed by atoms with van der Waals surface area (Å²) in [5.41, 5.74) is 2.73. The van der Waals surface area contributed by atoms with Gasteiger partial charge in [0.1, 0.15) is 17.7 Å². The number of amides is 1. The van der Waals surface area contributed by atoms with Crippen LogP contribution in [-0.2, 0) is 15.3 Å². The maximum Gasteiger partial charge on any atom is 0.413 e. The smallest absolute Gasteiger partial charge is 0.413 e. The molecule has 2 aromatic carbocycles. The average Bonchev–Trinajstić information content (AvgIpc) is 3.01. The number of thioether (sulfide) groups is 1. The molecule has 0 aromatic heterocycles. The molecule has 6 nitrogen and oxygen atoms in total. The number of ether oxygens (including phenoxy) is 1. The third-order valence-electron chi connectivity index (χ3n) is 5.23. The maximum atomic E-state index is 12.1. The lowest BCUT2D eigenvalue weighted by atomic mass is 10.1. The lowest BCUT2D eigenvalue weighted by Crippen LogP contribution is -2.36. The largest absolute Gasteiger partial charge is 0.444 e. The van der Waals surface area contributed by atoms with Gasteiger partial charge in [-0.25, -0.2) is 9.79 Å². The molecule has 0 saturated heterocycles. The Morgan fingerprint density at radius 3 is 2.38 bits per heavy atom. The number of amidine groups is 1. The second-order valence-electron chi connectivity index (χ2n) is 10.00. The summed E-state index contributed by atoms with van der Waals surface area (Å²) in [5.74, 6) is 1.24. The molecular weight excluding hydrogens is 482 g/mol. The Kier molecular flexibility index (Phi) is 12.6. The van der Waals surface area contributed by atoms with Crippen molar-refractivity contribution in [2.75, 3.05) is 20.1 Å². The Morgan fingerprint density at radius 1 is 1.11 bits per heavy atom. The van der Waals surface area contributed by atoms with Crippen LogP contribution in [-0.4, -0.2) is 48.9 Å². The van der Waals surface area contributed by atoms with Crippen LogP contribution in [0.4, 0.5) is 10.5 Å². The van der Waals surface area contributed by atoms with E-state index < -0.39 is 11.7 Å². The monoisotopic (exact) mass is 523 g/mol. The number of hydrogen-bond acceptors (Lipinski definition) is 6. The van der Waals surface area contributed by atoms with Crippen molar-refractivity contribution in [1.29, 1.82) is 0 Å². The van der Waals surface area contributed by atoms with E-state index in [1.54, 1.807) is 38.6 Å². The van der Waals surface area contributed by atoms with E-state index in [9.17, 15) is 9.59 Å². The van der Waals surface area contributed by atoms with Crippen molar-refractivity contribution in [3.63, 3.8) is 0 Å². The third-order valence-corrected chi connectivity index (χ3v) is 6.29. The van der Waals surface area contributed by atoms with Crippen LogP contribution in [0.15, 0.2) is 64.0 Å². The van der Waals surface area contributed by atoms with E-state index in [2.05, 4.69) is 48.2 Å². The highest BCUT2D eigenvalue weighted by molar-refractivity contribution is 7.98. The van der Waals surface area contributed by atoms with Crippen molar-refractivity contribution >= 4 is 41.7 Å². The van der Waals surface area contributed by atoms with Gasteiger partial charge in [-0.1, -0.05) is 50.2 Å². The first-order valence-electron chi connectivity index (χ1n) is 12.9. The molecule has 200 valence electrons. The number of carbonyl (C=O) groups excluding carboxylic acids is 2. The van der Waals surface area contributed by atoms with Gasteiger partial charge < -0.3 is 9.64 Å². The summed E-state index contributed by atoms with van der Waals surface area (Å²) in [5, 5.41) is 2.68. The van der Waals surface area contributed by atoms with E-state index in [0.29, 0.717) is 17.1 Å². The zero-order valence-electron chi connectivity index (χ0n) is 23.0. The SMILES string of the molecule is CC(C)(C)OC(=O)NC1=Nc2cc(SCc3ccccc3)ccc2C=C(C=O)C1.CCCN(C)CCC. The van der Waals surface area contributed by atoms with Crippen molar-refractivity contribution in [1.82, 2.24) is 10.2 Å². The van der Waals surface area contributed by atoms with E-state index in [1.165, 1.54) is 31.5 Å². The van der Waals surface area contributed by atoms with Crippen LogP contribution < -0.4 is 5.32 Å². The van der Waals surface area contributed by atoms with Crippen molar-refractivity contribution < 1.29 is 14.3 Å². The zero-order chi connectivity index (χ0) is 27.3. The predicted octanol–water partition coefficient (Wildman–Crippen LogP) is 7.26. The van der Waals surface area contributed by atoms with Crippen LogP contribution >= 0.6 is 11.8 Å². The number of rotatable bonds is 8. The fraction of sp³-hybridized carbons (Fsp3) is 0.433. The van der Waals surface area contributed by atoms with Crippen LogP contribution in [0, 0.1) is 0 Å².